The Hall–Kier alpha value is -0.224. The van der Waals surface area contributed by atoms with Crippen molar-refractivity contribution < 1.29 is 3.07 Å². The van der Waals surface area contributed by atoms with E-state index >= 15 is 0 Å². The van der Waals surface area contributed by atoms with E-state index in [1.54, 1.807) is 10.8 Å². The number of hydrogen-bond acceptors (Lipinski definition) is 1. The average Bonchev–Trinajstić information content (AvgIpc) is 3.10. The molecule has 1 aliphatic carbocycles. The summed E-state index contributed by atoms with van der Waals surface area (Å²) < 4.78 is 11.6. The molecule has 0 radical (unpaired) electrons. The summed E-state index contributed by atoms with van der Waals surface area (Å²) in [6.45, 7) is 14.6. The van der Waals surface area contributed by atoms with E-state index in [1.807, 2.05) is 0 Å². The van der Waals surface area contributed by atoms with Crippen molar-refractivity contribution >= 4 is 32.1 Å². The van der Waals surface area contributed by atoms with Crippen LogP contribution in [0.4, 0.5) is 0 Å². The Balaban J connectivity index is 2.27. The Labute approximate surface area is 187 Å². The molecule has 1 nitrogen and oxygen atoms in total. The van der Waals surface area contributed by atoms with Crippen LogP contribution in [0.25, 0.3) is 0 Å². The second-order valence-electron chi connectivity index (χ2n) is 9.88. The molecular weight excluding hydrogens is 475 g/mol. The molecule has 2 rings (SSSR count). The van der Waals surface area contributed by atoms with Gasteiger partial charge in [-0.2, -0.15) is 0 Å². The Morgan fingerprint density at radius 2 is 1.41 bits per heavy atom. The zero-order valence-electron chi connectivity index (χ0n) is 20.2. The molecule has 0 aromatic heterocycles. The molecule has 1 aromatic rings. The first-order valence-corrected chi connectivity index (χ1v) is 22.6. The number of unbranched alkanes of at least 4 members (excludes halogenated alkanes) is 3. The minimum atomic E-state index is -2.57. The second-order valence-corrected chi connectivity index (χ2v) is 26.2. The molecule has 164 valence electrons. The molecule has 3 heteroatoms. The molecule has 0 heterocycles. The van der Waals surface area contributed by atoms with Crippen molar-refractivity contribution in [2.75, 3.05) is 0 Å². The van der Waals surface area contributed by atoms with Gasteiger partial charge in [0.25, 0.3) is 0 Å². The van der Waals surface area contributed by atoms with E-state index in [4.69, 9.17) is 3.07 Å². The first-order chi connectivity index (χ1) is 13.9. The Morgan fingerprint density at radius 1 is 0.897 bits per heavy atom. The van der Waals surface area contributed by atoms with Crippen molar-refractivity contribution in [3.8, 4) is 0 Å². The summed E-state index contributed by atoms with van der Waals surface area (Å²) in [5.41, 5.74) is 2.36. The fourth-order valence-corrected chi connectivity index (χ4v) is 22.6. The molecular formula is C26H46OSiSn. The molecule has 1 unspecified atom stereocenters. The van der Waals surface area contributed by atoms with Gasteiger partial charge in [-0.1, -0.05) is 0 Å². The van der Waals surface area contributed by atoms with Crippen LogP contribution in [0.5, 0.6) is 0 Å². The Bertz CT molecular complexity index is 616. The first kappa shape index (κ1) is 25.0. The van der Waals surface area contributed by atoms with Crippen LogP contribution in [0.3, 0.4) is 0 Å². The SMILES string of the molecule is CCC[CH2][Sn]([CH2]CCC)([CH2]CCC)[O]C1=C(C)C([Si](C)(C)c2ccccc2)CC1. The van der Waals surface area contributed by atoms with Gasteiger partial charge in [0.2, 0.25) is 0 Å². The molecule has 0 aliphatic heterocycles. The second kappa shape index (κ2) is 12.0. The zero-order chi connectivity index (χ0) is 21.3. The third kappa shape index (κ3) is 6.63. The van der Waals surface area contributed by atoms with Crippen LogP contribution >= 0.6 is 0 Å². The summed E-state index contributed by atoms with van der Waals surface area (Å²) in [6.07, 6.45) is 10.6. The van der Waals surface area contributed by atoms with Crippen molar-refractivity contribution in [1.82, 2.24) is 0 Å². The van der Waals surface area contributed by atoms with Gasteiger partial charge in [0, 0.05) is 0 Å². The van der Waals surface area contributed by atoms with Gasteiger partial charge >= 0.3 is 188 Å². The van der Waals surface area contributed by atoms with E-state index in [1.165, 1.54) is 70.4 Å². The van der Waals surface area contributed by atoms with E-state index in [-0.39, 0.29) is 0 Å². The summed E-state index contributed by atoms with van der Waals surface area (Å²) in [4.78, 5) is 0. The van der Waals surface area contributed by atoms with Gasteiger partial charge in [-0.15, -0.1) is 0 Å². The maximum atomic E-state index is 7.29. The van der Waals surface area contributed by atoms with Crippen molar-refractivity contribution in [1.29, 1.82) is 0 Å². The molecule has 1 atom stereocenters. The maximum absolute atomic E-state index is 7.29. The molecule has 0 saturated carbocycles. The van der Waals surface area contributed by atoms with Crippen molar-refractivity contribution in [2.24, 2.45) is 0 Å². The van der Waals surface area contributed by atoms with Crippen LogP contribution in [0.1, 0.15) is 79.1 Å². The monoisotopic (exact) mass is 522 g/mol. The van der Waals surface area contributed by atoms with Crippen molar-refractivity contribution in [3.05, 3.63) is 41.7 Å². The predicted octanol–water partition coefficient (Wildman–Crippen LogP) is 8.40. The van der Waals surface area contributed by atoms with Gasteiger partial charge in [0.15, 0.2) is 0 Å². The first-order valence-electron chi connectivity index (χ1n) is 12.3. The molecule has 1 aliphatic rings. The Kier molecular flexibility index (Phi) is 10.3. The van der Waals surface area contributed by atoms with Crippen LogP contribution in [-0.2, 0) is 3.07 Å². The molecule has 29 heavy (non-hydrogen) atoms. The molecule has 0 saturated heterocycles. The Morgan fingerprint density at radius 3 is 1.90 bits per heavy atom. The van der Waals surface area contributed by atoms with Crippen LogP contribution in [-0.4, -0.2) is 26.9 Å². The standard InChI is InChI=1S/C14H20OSi.3C4H9.Sn/c1-11-13(15)9-10-14(11)16(2,3)12-7-5-4-6-8-12;3*1-3-4-2;/h4-8,14-15H,9-10H2,1-3H3;3*1,3-4H2,2H3;/q;;;;+1/p-1. The van der Waals surface area contributed by atoms with Crippen LogP contribution < -0.4 is 5.19 Å². The third-order valence-electron chi connectivity index (χ3n) is 7.31. The summed E-state index contributed by atoms with van der Waals surface area (Å²) in [6, 6.07) is 11.3. The predicted molar refractivity (Wildman–Crippen MR) is 135 cm³/mol. The molecule has 1 aromatic carbocycles. The summed E-state index contributed by atoms with van der Waals surface area (Å²) in [5, 5.41) is 1.60. The van der Waals surface area contributed by atoms with Crippen LogP contribution in [0.2, 0.25) is 31.9 Å². The van der Waals surface area contributed by atoms with Gasteiger partial charge < -0.3 is 0 Å². The van der Waals surface area contributed by atoms with Crippen molar-refractivity contribution in [2.45, 2.75) is 111 Å². The number of hydrogen-bond donors (Lipinski definition) is 0. The number of rotatable bonds is 13. The quantitative estimate of drug-likeness (QED) is 0.237. The third-order valence-corrected chi connectivity index (χ3v) is 24.4. The van der Waals surface area contributed by atoms with E-state index in [0.717, 1.165) is 5.54 Å². The minimum absolute atomic E-state index is 0.743. The average molecular weight is 521 g/mol. The number of benzene rings is 1. The number of allylic oxidation sites excluding steroid dienone is 2. The van der Waals surface area contributed by atoms with Gasteiger partial charge in [-0.25, -0.2) is 0 Å². The molecule has 0 N–H and O–H groups in total. The van der Waals surface area contributed by atoms with Gasteiger partial charge in [-0.05, 0) is 0 Å². The van der Waals surface area contributed by atoms with Gasteiger partial charge in [0.05, 0.1) is 0 Å². The summed E-state index contributed by atoms with van der Waals surface area (Å²) >= 11 is -2.57. The van der Waals surface area contributed by atoms with Crippen LogP contribution in [0.15, 0.2) is 41.7 Å². The fraction of sp³-hybridized carbons (Fsp3) is 0.692. The normalized spacial score (nSPS) is 17.8. The van der Waals surface area contributed by atoms with E-state index in [2.05, 4.69) is 71.1 Å². The van der Waals surface area contributed by atoms with Gasteiger partial charge in [0.1, 0.15) is 0 Å². The molecule has 0 bridgehead atoms. The van der Waals surface area contributed by atoms with E-state index in [9.17, 15) is 0 Å². The topological polar surface area (TPSA) is 9.23 Å². The molecule has 0 fully saturated rings. The van der Waals surface area contributed by atoms with Crippen LogP contribution in [0, 0.1) is 0 Å². The fourth-order valence-electron chi connectivity index (χ4n) is 5.27. The summed E-state index contributed by atoms with van der Waals surface area (Å²) in [7, 11) is -1.52. The van der Waals surface area contributed by atoms with Gasteiger partial charge in [-0.3, -0.25) is 0 Å². The molecule has 0 spiro atoms. The van der Waals surface area contributed by atoms with E-state index in [0.29, 0.717) is 0 Å². The summed E-state index contributed by atoms with van der Waals surface area (Å²) in [5.74, 6) is 1.45. The van der Waals surface area contributed by atoms with E-state index < -0.39 is 26.9 Å². The zero-order valence-corrected chi connectivity index (χ0v) is 24.0. The molecule has 0 amide bonds. The van der Waals surface area contributed by atoms with Crippen molar-refractivity contribution in [3.63, 3.8) is 0 Å².